The molecule has 19 heavy (non-hydrogen) atoms. The summed E-state index contributed by atoms with van der Waals surface area (Å²) in [6.07, 6.45) is 0.491. The number of rotatable bonds is 6. The van der Waals surface area contributed by atoms with Crippen molar-refractivity contribution in [2.75, 3.05) is 5.32 Å². The highest BCUT2D eigenvalue weighted by Gasteiger charge is 2.19. The van der Waals surface area contributed by atoms with Crippen molar-refractivity contribution < 1.29 is 14.7 Å². The first-order chi connectivity index (χ1) is 8.81. The van der Waals surface area contributed by atoms with Crippen LogP contribution in [0.2, 0.25) is 5.02 Å². The molecule has 0 saturated carbocycles. The van der Waals surface area contributed by atoms with Gasteiger partial charge in [-0.15, -0.1) is 0 Å². The predicted octanol–water partition coefficient (Wildman–Crippen LogP) is 2.35. The van der Waals surface area contributed by atoms with E-state index < -0.39 is 17.9 Å². The van der Waals surface area contributed by atoms with Gasteiger partial charge >= 0.3 is 5.97 Å². The van der Waals surface area contributed by atoms with Crippen molar-refractivity contribution in [3.05, 3.63) is 28.8 Å². The lowest BCUT2D eigenvalue weighted by molar-refractivity contribution is -0.138. The summed E-state index contributed by atoms with van der Waals surface area (Å²) in [4.78, 5) is 22.2. The third-order valence-electron chi connectivity index (χ3n) is 2.58. The molecule has 104 valence electrons. The Balaban J connectivity index is 2.88. The maximum atomic E-state index is 11.1. The van der Waals surface area contributed by atoms with E-state index in [-0.39, 0.29) is 16.5 Å². The monoisotopic (exact) mass is 284 g/mol. The van der Waals surface area contributed by atoms with Crippen LogP contribution in [-0.2, 0) is 4.79 Å². The summed E-state index contributed by atoms with van der Waals surface area (Å²) in [6.45, 7) is 3.89. The van der Waals surface area contributed by atoms with Crippen molar-refractivity contribution in [1.82, 2.24) is 0 Å². The van der Waals surface area contributed by atoms with Gasteiger partial charge in [-0.3, -0.25) is 4.79 Å². The molecule has 0 aliphatic heterocycles. The standard InChI is InChI=1S/C13H17ClN2O3/c1-7(2)5-11(13(18)19)16-8-3-4-9(12(15)17)10(14)6-8/h3-4,6-7,11,16H,5H2,1-2H3,(H2,15,17)(H,18,19). The number of carboxylic acids is 1. The highest BCUT2D eigenvalue weighted by atomic mass is 35.5. The molecule has 1 aromatic rings. The van der Waals surface area contributed by atoms with Gasteiger partial charge < -0.3 is 16.2 Å². The first-order valence-corrected chi connectivity index (χ1v) is 6.27. The SMILES string of the molecule is CC(C)CC(Nc1ccc(C(N)=O)c(Cl)c1)C(=O)O. The van der Waals surface area contributed by atoms with Crippen molar-refractivity contribution >= 4 is 29.2 Å². The minimum absolute atomic E-state index is 0.200. The largest absolute Gasteiger partial charge is 0.480 e. The fourth-order valence-corrected chi connectivity index (χ4v) is 1.97. The van der Waals surface area contributed by atoms with E-state index in [2.05, 4.69) is 5.32 Å². The van der Waals surface area contributed by atoms with Crippen molar-refractivity contribution in [2.45, 2.75) is 26.3 Å². The maximum Gasteiger partial charge on any atom is 0.326 e. The highest BCUT2D eigenvalue weighted by Crippen LogP contribution is 2.22. The summed E-state index contributed by atoms with van der Waals surface area (Å²) in [5.74, 6) is -1.30. The third-order valence-corrected chi connectivity index (χ3v) is 2.89. The number of nitrogens with two attached hydrogens (primary N) is 1. The van der Waals surface area contributed by atoms with Crippen molar-refractivity contribution in [2.24, 2.45) is 11.7 Å². The first-order valence-electron chi connectivity index (χ1n) is 5.90. The lowest BCUT2D eigenvalue weighted by Crippen LogP contribution is -2.30. The predicted molar refractivity (Wildman–Crippen MR) is 74.5 cm³/mol. The van der Waals surface area contributed by atoms with Crippen molar-refractivity contribution in [1.29, 1.82) is 0 Å². The number of aliphatic carboxylic acids is 1. The Morgan fingerprint density at radius 1 is 1.42 bits per heavy atom. The van der Waals surface area contributed by atoms with E-state index in [1.165, 1.54) is 12.1 Å². The summed E-state index contributed by atoms with van der Waals surface area (Å²) in [7, 11) is 0. The molecule has 0 fully saturated rings. The Morgan fingerprint density at radius 3 is 2.47 bits per heavy atom. The van der Waals surface area contributed by atoms with Crippen LogP contribution in [0.15, 0.2) is 18.2 Å². The fourth-order valence-electron chi connectivity index (χ4n) is 1.70. The van der Waals surface area contributed by atoms with Crippen LogP contribution in [0.25, 0.3) is 0 Å². The minimum Gasteiger partial charge on any atom is -0.480 e. The van der Waals surface area contributed by atoms with Crippen LogP contribution in [-0.4, -0.2) is 23.0 Å². The maximum absolute atomic E-state index is 11.1. The molecule has 0 aliphatic rings. The lowest BCUT2D eigenvalue weighted by Gasteiger charge is -2.18. The smallest absolute Gasteiger partial charge is 0.326 e. The molecule has 0 heterocycles. The van der Waals surface area contributed by atoms with Gasteiger partial charge in [-0.2, -0.15) is 0 Å². The molecule has 1 aromatic carbocycles. The Kier molecular flexibility index (Phi) is 5.18. The van der Waals surface area contributed by atoms with E-state index in [1.54, 1.807) is 6.07 Å². The quantitative estimate of drug-likeness (QED) is 0.747. The van der Waals surface area contributed by atoms with Gasteiger partial charge in [0.2, 0.25) is 5.91 Å². The van der Waals surface area contributed by atoms with Crippen molar-refractivity contribution in [3.8, 4) is 0 Å². The summed E-state index contributed by atoms with van der Waals surface area (Å²) in [6, 6.07) is 3.86. The van der Waals surface area contributed by atoms with E-state index in [0.717, 1.165) is 0 Å². The Morgan fingerprint density at radius 2 is 2.05 bits per heavy atom. The number of primary amides is 1. The van der Waals surface area contributed by atoms with Gasteiger partial charge in [-0.05, 0) is 30.5 Å². The average Bonchev–Trinajstić information content (AvgIpc) is 2.26. The summed E-state index contributed by atoms with van der Waals surface area (Å²) < 4.78 is 0. The van der Waals surface area contributed by atoms with E-state index in [1.807, 2.05) is 13.8 Å². The van der Waals surface area contributed by atoms with Gasteiger partial charge in [0.05, 0.1) is 10.6 Å². The topological polar surface area (TPSA) is 92.4 Å². The van der Waals surface area contributed by atoms with Crippen LogP contribution in [0.5, 0.6) is 0 Å². The molecule has 1 atom stereocenters. The van der Waals surface area contributed by atoms with E-state index in [0.29, 0.717) is 12.1 Å². The normalized spacial score (nSPS) is 12.2. The third kappa shape index (κ3) is 4.44. The highest BCUT2D eigenvalue weighted by molar-refractivity contribution is 6.34. The fraction of sp³-hybridized carbons (Fsp3) is 0.385. The van der Waals surface area contributed by atoms with E-state index in [4.69, 9.17) is 22.4 Å². The number of anilines is 1. The van der Waals surface area contributed by atoms with Gasteiger partial charge in [0.15, 0.2) is 0 Å². The van der Waals surface area contributed by atoms with Crippen LogP contribution in [0.1, 0.15) is 30.6 Å². The molecule has 0 bridgehead atoms. The number of hydrogen-bond donors (Lipinski definition) is 3. The second-order valence-electron chi connectivity index (χ2n) is 4.72. The van der Waals surface area contributed by atoms with Gasteiger partial charge in [0.1, 0.15) is 6.04 Å². The number of hydrogen-bond acceptors (Lipinski definition) is 3. The number of nitrogens with one attached hydrogen (secondary N) is 1. The number of carboxylic acid groups (broad SMARTS) is 1. The zero-order chi connectivity index (χ0) is 14.6. The molecular weight excluding hydrogens is 268 g/mol. The molecule has 0 saturated heterocycles. The zero-order valence-electron chi connectivity index (χ0n) is 10.8. The van der Waals surface area contributed by atoms with Gasteiger partial charge in [-0.1, -0.05) is 25.4 Å². The number of halogens is 1. The molecule has 0 spiro atoms. The molecule has 0 aromatic heterocycles. The lowest BCUT2D eigenvalue weighted by atomic mass is 10.0. The molecule has 5 nitrogen and oxygen atoms in total. The van der Waals surface area contributed by atoms with E-state index >= 15 is 0 Å². The molecule has 0 aliphatic carbocycles. The average molecular weight is 285 g/mol. The molecule has 4 N–H and O–H groups in total. The van der Waals surface area contributed by atoms with Crippen molar-refractivity contribution in [3.63, 3.8) is 0 Å². The van der Waals surface area contributed by atoms with Crippen LogP contribution in [0.3, 0.4) is 0 Å². The summed E-state index contributed by atoms with van der Waals surface area (Å²) in [5, 5.41) is 12.2. The molecule has 1 rings (SSSR count). The number of benzene rings is 1. The molecular formula is C13H17ClN2O3. The molecule has 6 heteroatoms. The van der Waals surface area contributed by atoms with E-state index in [9.17, 15) is 9.59 Å². The van der Waals surface area contributed by atoms with Crippen LogP contribution in [0, 0.1) is 5.92 Å². The van der Waals surface area contributed by atoms with Crippen LogP contribution in [0.4, 0.5) is 5.69 Å². The number of carbonyl (C=O) groups excluding carboxylic acids is 1. The van der Waals surface area contributed by atoms with Gasteiger partial charge in [0.25, 0.3) is 0 Å². The molecule has 0 radical (unpaired) electrons. The minimum atomic E-state index is -0.927. The first kappa shape index (κ1) is 15.3. The molecule has 1 unspecified atom stereocenters. The van der Waals surface area contributed by atoms with Gasteiger partial charge in [0, 0.05) is 5.69 Å². The van der Waals surface area contributed by atoms with Gasteiger partial charge in [-0.25, -0.2) is 4.79 Å². The second kappa shape index (κ2) is 6.43. The summed E-state index contributed by atoms with van der Waals surface area (Å²) in [5.41, 5.74) is 5.90. The van der Waals surface area contributed by atoms with Crippen LogP contribution >= 0.6 is 11.6 Å². The Labute approximate surface area is 116 Å². The number of amides is 1. The number of carbonyl (C=O) groups is 2. The second-order valence-corrected chi connectivity index (χ2v) is 5.13. The molecule has 1 amide bonds. The Bertz CT molecular complexity index is 489. The zero-order valence-corrected chi connectivity index (χ0v) is 11.6. The Hall–Kier alpha value is -1.75. The van der Waals surface area contributed by atoms with Crippen LogP contribution < -0.4 is 11.1 Å². The summed E-state index contributed by atoms with van der Waals surface area (Å²) >= 11 is 5.90.